The molecule has 1 aliphatic carbocycles. The molecule has 4 aromatic heterocycles. The first kappa shape index (κ1) is 28.9. The summed E-state index contributed by atoms with van der Waals surface area (Å²) in [5.41, 5.74) is 16.0. The van der Waals surface area contributed by atoms with Crippen LogP contribution in [0.3, 0.4) is 0 Å². The molecule has 7 aromatic carbocycles. The third-order valence-electron chi connectivity index (χ3n) is 12.1. The van der Waals surface area contributed by atoms with Crippen molar-refractivity contribution < 1.29 is 0 Å². The number of nitrogens with zero attached hydrogens (tertiary/aromatic N) is 3. The highest BCUT2D eigenvalue weighted by atomic mass is 15.1. The molecule has 53 heavy (non-hydrogen) atoms. The van der Waals surface area contributed by atoms with Crippen molar-refractivity contribution in [2.75, 3.05) is 0 Å². The van der Waals surface area contributed by atoms with Crippen molar-refractivity contribution in [3.8, 4) is 39.3 Å². The molecule has 12 rings (SSSR count). The lowest BCUT2D eigenvalue weighted by Gasteiger charge is -2.22. The average molecular weight is 676 g/mol. The van der Waals surface area contributed by atoms with Gasteiger partial charge in [-0.2, -0.15) is 0 Å². The maximum absolute atomic E-state index is 5.35. The van der Waals surface area contributed by atoms with Crippen molar-refractivity contribution in [1.29, 1.82) is 0 Å². The van der Waals surface area contributed by atoms with Crippen LogP contribution in [-0.4, -0.2) is 14.0 Å². The highest BCUT2D eigenvalue weighted by Crippen LogP contribution is 2.49. The Kier molecular flexibility index (Phi) is 5.57. The fraction of sp³-hybridized carbons (Fsp3) is 0.0600. The largest absolute Gasteiger partial charge is 0.308 e. The van der Waals surface area contributed by atoms with Crippen molar-refractivity contribution >= 4 is 59.9 Å². The minimum absolute atomic E-state index is 0.0607. The van der Waals surface area contributed by atoms with E-state index in [4.69, 9.17) is 4.98 Å². The Labute approximate surface area is 306 Å². The lowest BCUT2D eigenvalue weighted by atomic mass is 9.82. The van der Waals surface area contributed by atoms with Crippen LogP contribution < -0.4 is 0 Å². The number of hydrogen-bond acceptors (Lipinski definition) is 1. The maximum Gasteiger partial charge on any atom is 0.138 e. The predicted octanol–water partition coefficient (Wildman–Crippen LogP) is 13.0. The SMILES string of the molecule is CC1(C)c2ccccc2-c2ccc(-c3cccc(-n4c5ccccc5c5cc(-c6ccc7c8cccc9c%10ccccc%10n(c7c6)c98)ccc54)n3)cc21. The fourth-order valence-corrected chi connectivity index (χ4v) is 9.58. The highest BCUT2D eigenvalue weighted by Gasteiger charge is 2.35. The molecule has 248 valence electrons. The van der Waals surface area contributed by atoms with Gasteiger partial charge < -0.3 is 4.40 Å². The van der Waals surface area contributed by atoms with Crippen LogP contribution in [0.25, 0.3) is 99.2 Å². The van der Waals surface area contributed by atoms with Crippen LogP contribution >= 0.6 is 0 Å². The highest BCUT2D eigenvalue weighted by molar-refractivity contribution is 6.23. The number of aromatic nitrogens is 3. The van der Waals surface area contributed by atoms with Gasteiger partial charge in [0.05, 0.1) is 33.3 Å². The summed E-state index contributed by atoms with van der Waals surface area (Å²) in [6.45, 7) is 4.67. The van der Waals surface area contributed by atoms with Crippen LogP contribution in [0, 0.1) is 0 Å². The van der Waals surface area contributed by atoms with Crippen molar-refractivity contribution in [2.45, 2.75) is 19.3 Å². The quantitative estimate of drug-likeness (QED) is 0.183. The zero-order valence-electron chi connectivity index (χ0n) is 29.4. The summed E-state index contributed by atoms with van der Waals surface area (Å²) < 4.78 is 4.79. The fourth-order valence-electron chi connectivity index (χ4n) is 9.58. The molecule has 0 aliphatic heterocycles. The predicted molar refractivity (Wildman–Crippen MR) is 222 cm³/mol. The van der Waals surface area contributed by atoms with E-state index >= 15 is 0 Å². The molecule has 0 amide bonds. The normalized spacial score (nSPS) is 13.6. The molecule has 0 bridgehead atoms. The first-order valence-electron chi connectivity index (χ1n) is 18.5. The second-order valence-corrected chi connectivity index (χ2v) is 15.2. The van der Waals surface area contributed by atoms with Crippen molar-refractivity contribution in [3.05, 3.63) is 175 Å². The molecule has 3 nitrogen and oxygen atoms in total. The number of rotatable bonds is 3. The third-order valence-corrected chi connectivity index (χ3v) is 12.1. The number of hydrogen-bond donors (Lipinski definition) is 0. The van der Waals surface area contributed by atoms with Gasteiger partial charge in [0.25, 0.3) is 0 Å². The van der Waals surface area contributed by atoms with Gasteiger partial charge in [-0.05, 0) is 81.9 Å². The van der Waals surface area contributed by atoms with Crippen LogP contribution in [-0.2, 0) is 5.41 Å². The summed E-state index contributed by atoms with van der Waals surface area (Å²) in [6.07, 6.45) is 0. The zero-order valence-corrected chi connectivity index (χ0v) is 29.4. The molecule has 0 saturated carbocycles. The molecule has 0 fully saturated rings. The summed E-state index contributed by atoms with van der Waals surface area (Å²) in [5, 5.41) is 7.66. The van der Waals surface area contributed by atoms with Crippen molar-refractivity contribution in [2.24, 2.45) is 0 Å². The first-order valence-corrected chi connectivity index (χ1v) is 18.5. The number of pyridine rings is 1. The van der Waals surface area contributed by atoms with E-state index in [0.717, 1.165) is 28.1 Å². The van der Waals surface area contributed by atoms with E-state index < -0.39 is 0 Å². The Morgan fingerprint density at radius 1 is 0.415 bits per heavy atom. The summed E-state index contributed by atoms with van der Waals surface area (Å²) in [4.78, 5) is 5.35. The second kappa shape index (κ2) is 10.2. The van der Waals surface area contributed by atoms with E-state index in [1.807, 2.05) is 0 Å². The summed E-state index contributed by atoms with van der Waals surface area (Å²) >= 11 is 0. The number of fused-ring (bicyclic) bond motifs is 12. The molecular formula is C50H33N3. The Morgan fingerprint density at radius 3 is 1.91 bits per heavy atom. The van der Waals surface area contributed by atoms with Crippen LogP contribution in [0.1, 0.15) is 25.0 Å². The van der Waals surface area contributed by atoms with E-state index in [1.54, 1.807) is 0 Å². The lowest BCUT2D eigenvalue weighted by Crippen LogP contribution is -2.14. The molecule has 1 aliphatic rings. The molecule has 11 aromatic rings. The average Bonchev–Trinajstić information content (AvgIpc) is 3.91. The minimum atomic E-state index is -0.0607. The summed E-state index contributed by atoms with van der Waals surface area (Å²) in [7, 11) is 0. The van der Waals surface area contributed by atoms with Gasteiger partial charge in [-0.3, -0.25) is 4.57 Å². The summed E-state index contributed by atoms with van der Waals surface area (Å²) in [6, 6.07) is 60.2. The Morgan fingerprint density at radius 2 is 1.04 bits per heavy atom. The van der Waals surface area contributed by atoms with E-state index in [9.17, 15) is 0 Å². The van der Waals surface area contributed by atoms with Crippen molar-refractivity contribution in [3.63, 3.8) is 0 Å². The van der Waals surface area contributed by atoms with Crippen LogP contribution in [0.4, 0.5) is 0 Å². The van der Waals surface area contributed by atoms with Gasteiger partial charge in [0.1, 0.15) is 5.82 Å². The Bertz CT molecular complexity index is 3320. The molecule has 0 saturated heterocycles. The zero-order chi connectivity index (χ0) is 35.0. The first-order chi connectivity index (χ1) is 26.0. The summed E-state index contributed by atoms with van der Waals surface area (Å²) in [5.74, 6) is 0.920. The Hall–Kier alpha value is -6.71. The standard InChI is InChI=1S/C50H33N3/c1-50(2)41-16-6-3-11-33(41)34-24-22-32(28-42(34)50)43-17-10-20-48(51-43)52-44-18-7-5-13-36(44)40-27-30(23-26-46(40)52)31-21-25-37-39-15-9-14-38-35-12-4-8-19-45(35)53(49(38)39)47(37)29-31/h3-29H,1-2H3. The minimum Gasteiger partial charge on any atom is -0.308 e. The van der Waals surface area contributed by atoms with Crippen LogP contribution in [0.5, 0.6) is 0 Å². The maximum atomic E-state index is 5.35. The number of benzene rings is 7. The van der Waals surface area contributed by atoms with Gasteiger partial charge in [0.2, 0.25) is 0 Å². The van der Waals surface area contributed by atoms with Gasteiger partial charge in [0, 0.05) is 43.3 Å². The molecule has 0 atom stereocenters. The molecule has 0 unspecified atom stereocenters. The van der Waals surface area contributed by atoms with Gasteiger partial charge in [-0.25, -0.2) is 4.98 Å². The van der Waals surface area contributed by atoms with Gasteiger partial charge >= 0.3 is 0 Å². The van der Waals surface area contributed by atoms with E-state index in [2.05, 4.69) is 187 Å². The molecular weight excluding hydrogens is 643 g/mol. The smallest absolute Gasteiger partial charge is 0.138 e. The van der Waals surface area contributed by atoms with Crippen LogP contribution in [0.2, 0.25) is 0 Å². The monoisotopic (exact) mass is 675 g/mol. The lowest BCUT2D eigenvalue weighted by molar-refractivity contribution is 0.660. The van der Waals surface area contributed by atoms with Gasteiger partial charge in [0.15, 0.2) is 0 Å². The topological polar surface area (TPSA) is 22.2 Å². The third kappa shape index (κ3) is 3.81. The van der Waals surface area contributed by atoms with E-state index in [0.29, 0.717) is 0 Å². The Balaban J connectivity index is 1.01. The molecule has 0 N–H and O–H groups in total. The molecule has 0 spiro atoms. The van der Waals surface area contributed by atoms with E-state index in [-0.39, 0.29) is 5.41 Å². The molecule has 3 heteroatoms. The molecule has 0 radical (unpaired) electrons. The van der Waals surface area contributed by atoms with Crippen molar-refractivity contribution in [1.82, 2.24) is 14.0 Å². The number of para-hydroxylation sites is 3. The van der Waals surface area contributed by atoms with Gasteiger partial charge in [-0.15, -0.1) is 0 Å². The second-order valence-electron chi connectivity index (χ2n) is 15.2. The van der Waals surface area contributed by atoms with Crippen LogP contribution in [0.15, 0.2) is 164 Å². The van der Waals surface area contributed by atoms with E-state index in [1.165, 1.54) is 82.2 Å². The van der Waals surface area contributed by atoms with Gasteiger partial charge in [-0.1, -0.05) is 129 Å². The molecule has 4 heterocycles.